The largest absolute Gasteiger partial charge is 0.495 e. The minimum absolute atomic E-state index is 0.00536. The molecule has 128 valence electrons. The van der Waals surface area contributed by atoms with Gasteiger partial charge >= 0.3 is 0 Å². The summed E-state index contributed by atoms with van der Waals surface area (Å²) in [6, 6.07) is 12.2. The van der Waals surface area contributed by atoms with E-state index in [9.17, 15) is 4.79 Å². The third-order valence-corrected chi connectivity index (χ3v) is 5.17. The maximum atomic E-state index is 12.5. The summed E-state index contributed by atoms with van der Waals surface area (Å²) in [6.45, 7) is 8.13. The summed E-state index contributed by atoms with van der Waals surface area (Å²) in [5, 5.41) is 2.84. The summed E-state index contributed by atoms with van der Waals surface area (Å²) in [7, 11) is 1.61. The zero-order valence-corrected chi connectivity index (χ0v) is 15.8. The first-order chi connectivity index (χ1) is 11.4. The van der Waals surface area contributed by atoms with E-state index in [1.807, 2.05) is 32.0 Å². The van der Waals surface area contributed by atoms with Crippen molar-refractivity contribution in [2.24, 2.45) is 0 Å². The average Bonchev–Trinajstić information content (AvgIpc) is 2.55. The van der Waals surface area contributed by atoms with Crippen LogP contribution in [0.15, 0.2) is 36.4 Å². The number of hydrogen-bond donors (Lipinski definition) is 1. The van der Waals surface area contributed by atoms with Gasteiger partial charge in [-0.25, -0.2) is 0 Å². The maximum Gasteiger partial charge on any atom is 0.237 e. The summed E-state index contributed by atoms with van der Waals surface area (Å²) in [4.78, 5) is 12.5. The lowest BCUT2D eigenvalue weighted by molar-refractivity contribution is -0.115. The third kappa shape index (κ3) is 4.78. The van der Waals surface area contributed by atoms with E-state index >= 15 is 0 Å². The number of thioether (sulfide) groups is 1. The Balaban J connectivity index is 2.00. The normalized spacial score (nSPS) is 11.9. The molecule has 0 spiro atoms. The number of carbonyl (C=O) groups is 1. The number of benzene rings is 2. The van der Waals surface area contributed by atoms with Crippen molar-refractivity contribution in [2.45, 2.75) is 38.7 Å². The Hall–Kier alpha value is -1.94. The zero-order chi connectivity index (χ0) is 17.7. The predicted molar refractivity (Wildman–Crippen MR) is 103 cm³/mol. The molecule has 1 N–H and O–H groups in total. The highest BCUT2D eigenvalue weighted by atomic mass is 32.2. The van der Waals surface area contributed by atoms with E-state index in [4.69, 9.17) is 4.74 Å². The van der Waals surface area contributed by atoms with Crippen molar-refractivity contribution in [3.05, 3.63) is 58.7 Å². The van der Waals surface area contributed by atoms with E-state index in [1.54, 1.807) is 18.9 Å². The van der Waals surface area contributed by atoms with Crippen LogP contribution in [0.1, 0.15) is 29.2 Å². The highest BCUT2D eigenvalue weighted by molar-refractivity contribution is 7.99. The first-order valence-electron chi connectivity index (χ1n) is 8.04. The second-order valence-corrected chi connectivity index (χ2v) is 7.41. The molecule has 0 aliphatic rings. The molecule has 0 aliphatic heterocycles. The minimum Gasteiger partial charge on any atom is -0.495 e. The Morgan fingerprint density at radius 2 is 1.79 bits per heavy atom. The van der Waals surface area contributed by atoms with Gasteiger partial charge in [0.2, 0.25) is 5.91 Å². The first kappa shape index (κ1) is 18.4. The number of anilines is 1. The smallest absolute Gasteiger partial charge is 0.237 e. The van der Waals surface area contributed by atoms with E-state index in [1.165, 1.54) is 16.7 Å². The van der Waals surface area contributed by atoms with Crippen LogP contribution in [0.4, 0.5) is 5.69 Å². The molecule has 1 atom stereocenters. The highest BCUT2D eigenvalue weighted by Gasteiger charge is 2.16. The summed E-state index contributed by atoms with van der Waals surface area (Å²) in [5.41, 5.74) is 5.61. The summed E-state index contributed by atoms with van der Waals surface area (Å²) < 4.78 is 5.32. The van der Waals surface area contributed by atoms with Crippen molar-refractivity contribution < 1.29 is 9.53 Å². The Kier molecular flexibility index (Phi) is 6.32. The molecule has 4 heteroatoms. The summed E-state index contributed by atoms with van der Waals surface area (Å²) in [6.07, 6.45) is 0. The van der Waals surface area contributed by atoms with E-state index in [-0.39, 0.29) is 11.2 Å². The standard InChI is InChI=1S/C20H25NO2S/c1-13-6-8-15(3)17(10-13)12-24-16(4)20(22)21-18-11-14(2)7-9-19(18)23-5/h6-11,16H,12H2,1-5H3,(H,21,22). The van der Waals surface area contributed by atoms with Gasteiger partial charge in [-0.15, -0.1) is 11.8 Å². The van der Waals surface area contributed by atoms with Crippen LogP contribution in [0.5, 0.6) is 5.75 Å². The molecule has 0 fully saturated rings. The number of amides is 1. The number of nitrogens with one attached hydrogen (secondary N) is 1. The molecule has 24 heavy (non-hydrogen) atoms. The van der Waals surface area contributed by atoms with Crippen LogP contribution in [-0.2, 0) is 10.5 Å². The first-order valence-corrected chi connectivity index (χ1v) is 9.09. The molecule has 1 unspecified atom stereocenters. The second-order valence-electron chi connectivity index (χ2n) is 6.08. The lowest BCUT2D eigenvalue weighted by atomic mass is 10.1. The predicted octanol–water partition coefficient (Wildman–Crippen LogP) is 4.88. The van der Waals surface area contributed by atoms with Crippen LogP contribution in [0, 0.1) is 20.8 Å². The topological polar surface area (TPSA) is 38.3 Å². The monoisotopic (exact) mass is 343 g/mol. The molecule has 0 aliphatic carbocycles. The summed E-state index contributed by atoms with van der Waals surface area (Å²) in [5.74, 6) is 1.50. The van der Waals surface area contributed by atoms with E-state index in [0.717, 1.165) is 17.0 Å². The van der Waals surface area contributed by atoms with E-state index < -0.39 is 0 Å². The molecule has 0 aromatic heterocycles. The average molecular weight is 343 g/mol. The summed E-state index contributed by atoms with van der Waals surface area (Å²) >= 11 is 1.64. The van der Waals surface area contributed by atoms with Gasteiger partial charge in [0.05, 0.1) is 18.0 Å². The van der Waals surface area contributed by atoms with E-state index in [2.05, 4.69) is 37.4 Å². The molecule has 2 aromatic carbocycles. The molecule has 0 radical (unpaired) electrons. The maximum absolute atomic E-state index is 12.5. The van der Waals surface area contributed by atoms with Crippen LogP contribution in [0.25, 0.3) is 0 Å². The fourth-order valence-corrected chi connectivity index (χ4v) is 3.35. The molecular weight excluding hydrogens is 318 g/mol. The number of rotatable bonds is 6. The highest BCUT2D eigenvalue weighted by Crippen LogP contribution is 2.27. The van der Waals surface area contributed by atoms with Crippen molar-refractivity contribution in [2.75, 3.05) is 12.4 Å². The molecule has 2 aromatic rings. The van der Waals surface area contributed by atoms with Gasteiger partial charge in [0.25, 0.3) is 0 Å². The fourth-order valence-electron chi connectivity index (χ4n) is 2.40. The molecule has 2 rings (SSSR count). The quantitative estimate of drug-likeness (QED) is 0.812. The minimum atomic E-state index is -0.143. The SMILES string of the molecule is COc1ccc(C)cc1NC(=O)C(C)SCc1cc(C)ccc1C. The zero-order valence-electron chi connectivity index (χ0n) is 15.0. The van der Waals surface area contributed by atoms with Crippen molar-refractivity contribution in [1.29, 1.82) is 0 Å². The number of aryl methyl sites for hydroxylation is 3. The van der Waals surface area contributed by atoms with Gasteiger partial charge < -0.3 is 10.1 Å². The van der Waals surface area contributed by atoms with Crippen molar-refractivity contribution in [3.63, 3.8) is 0 Å². The third-order valence-electron chi connectivity index (χ3n) is 3.98. The van der Waals surface area contributed by atoms with E-state index in [0.29, 0.717) is 5.75 Å². The van der Waals surface area contributed by atoms with Crippen LogP contribution in [0.3, 0.4) is 0 Å². The van der Waals surface area contributed by atoms with Gasteiger partial charge in [-0.3, -0.25) is 4.79 Å². The Bertz CT molecular complexity index is 728. The van der Waals surface area contributed by atoms with Gasteiger partial charge in [-0.1, -0.05) is 29.8 Å². The van der Waals surface area contributed by atoms with Gasteiger partial charge in [-0.2, -0.15) is 0 Å². The van der Waals surface area contributed by atoms with Gasteiger partial charge in [0.1, 0.15) is 5.75 Å². The molecule has 3 nitrogen and oxygen atoms in total. The Labute approximate surface area is 148 Å². The van der Waals surface area contributed by atoms with Gasteiger partial charge in [0, 0.05) is 5.75 Å². The van der Waals surface area contributed by atoms with Gasteiger partial charge in [0.15, 0.2) is 0 Å². The Morgan fingerprint density at radius 3 is 2.50 bits per heavy atom. The van der Waals surface area contributed by atoms with Crippen LogP contribution >= 0.6 is 11.8 Å². The van der Waals surface area contributed by atoms with Gasteiger partial charge in [-0.05, 0) is 56.5 Å². The molecule has 0 saturated carbocycles. The Morgan fingerprint density at radius 1 is 1.12 bits per heavy atom. The molecule has 1 amide bonds. The number of carbonyl (C=O) groups excluding carboxylic acids is 1. The number of ether oxygens (including phenoxy) is 1. The lowest BCUT2D eigenvalue weighted by Crippen LogP contribution is -2.23. The van der Waals surface area contributed by atoms with Crippen LogP contribution in [0.2, 0.25) is 0 Å². The second kappa shape index (κ2) is 8.25. The van der Waals surface area contributed by atoms with Crippen molar-refractivity contribution >= 4 is 23.4 Å². The van der Waals surface area contributed by atoms with Crippen LogP contribution < -0.4 is 10.1 Å². The fraction of sp³-hybridized carbons (Fsp3) is 0.350. The van der Waals surface area contributed by atoms with Crippen LogP contribution in [-0.4, -0.2) is 18.3 Å². The number of hydrogen-bond acceptors (Lipinski definition) is 3. The molecule has 0 saturated heterocycles. The lowest BCUT2D eigenvalue weighted by Gasteiger charge is -2.15. The van der Waals surface area contributed by atoms with Crippen molar-refractivity contribution in [3.8, 4) is 5.75 Å². The molecular formula is C20H25NO2S. The number of methoxy groups -OCH3 is 1. The molecule has 0 heterocycles. The van der Waals surface area contributed by atoms with Crippen molar-refractivity contribution in [1.82, 2.24) is 0 Å². The molecule has 0 bridgehead atoms.